The smallest absolute Gasteiger partial charge is 0.153 e. The fraction of sp³-hybridized carbons (Fsp3) is 0.500. The zero-order valence-corrected chi connectivity index (χ0v) is 10.9. The average molecular weight is 259 g/mol. The number of benzene rings is 1. The summed E-state index contributed by atoms with van der Waals surface area (Å²) in [4.78, 5) is 0. The number of rotatable bonds is 6. The molecule has 0 bridgehead atoms. The molecule has 0 heterocycles. The first-order valence-corrected chi connectivity index (χ1v) is 7.30. The highest BCUT2D eigenvalue weighted by atomic mass is 32.2. The highest BCUT2D eigenvalue weighted by molar-refractivity contribution is 7.92. The number of hydrogen-bond donors (Lipinski definition) is 1. The van der Waals surface area contributed by atoms with E-state index in [0.717, 1.165) is 0 Å². The minimum Gasteiger partial charge on any atom is -0.312 e. The van der Waals surface area contributed by atoms with Crippen LogP contribution in [0.1, 0.15) is 19.4 Å². The van der Waals surface area contributed by atoms with Gasteiger partial charge in [-0.15, -0.1) is 0 Å². The molecule has 0 aliphatic rings. The fourth-order valence-electron chi connectivity index (χ4n) is 1.31. The maximum absolute atomic E-state index is 13.2. The summed E-state index contributed by atoms with van der Waals surface area (Å²) in [6.07, 6.45) is 0. The molecule has 0 saturated carbocycles. The van der Waals surface area contributed by atoms with Gasteiger partial charge in [0, 0.05) is 18.7 Å². The first-order chi connectivity index (χ1) is 7.93. The molecule has 0 radical (unpaired) electrons. The summed E-state index contributed by atoms with van der Waals surface area (Å²) < 4.78 is 36.2. The van der Waals surface area contributed by atoms with Crippen molar-refractivity contribution in [2.24, 2.45) is 0 Å². The molecule has 1 aromatic carbocycles. The molecule has 1 rings (SSSR count). The minimum absolute atomic E-state index is 0.0825. The Hall–Kier alpha value is -0.940. The summed E-state index contributed by atoms with van der Waals surface area (Å²) in [6, 6.07) is 6.45. The highest BCUT2D eigenvalue weighted by Gasteiger charge is 2.14. The lowest BCUT2D eigenvalue weighted by Crippen LogP contribution is -2.27. The molecular weight excluding hydrogens is 241 g/mol. The normalized spacial score (nSPS) is 12.0. The van der Waals surface area contributed by atoms with Crippen molar-refractivity contribution < 1.29 is 12.8 Å². The van der Waals surface area contributed by atoms with E-state index in [-0.39, 0.29) is 16.8 Å². The van der Waals surface area contributed by atoms with Gasteiger partial charge in [-0.05, 0) is 19.9 Å². The molecule has 3 nitrogen and oxygen atoms in total. The van der Waals surface area contributed by atoms with Gasteiger partial charge in [0.05, 0.1) is 11.0 Å². The van der Waals surface area contributed by atoms with Crippen molar-refractivity contribution in [2.75, 3.05) is 12.3 Å². The Morgan fingerprint density at radius 2 is 1.94 bits per heavy atom. The van der Waals surface area contributed by atoms with E-state index in [2.05, 4.69) is 5.32 Å². The van der Waals surface area contributed by atoms with Crippen LogP contribution in [-0.2, 0) is 16.4 Å². The second-order valence-corrected chi connectivity index (χ2v) is 6.86. The summed E-state index contributed by atoms with van der Waals surface area (Å²) in [5.74, 6) is -0.189. The van der Waals surface area contributed by atoms with Gasteiger partial charge >= 0.3 is 0 Å². The third-order valence-electron chi connectivity index (χ3n) is 2.55. The van der Waals surface area contributed by atoms with E-state index >= 15 is 0 Å². The van der Waals surface area contributed by atoms with E-state index in [9.17, 15) is 12.8 Å². The van der Waals surface area contributed by atoms with Crippen LogP contribution in [0.2, 0.25) is 0 Å². The van der Waals surface area contributed by atoms with Crippen LogP contribution in [0.15, 0.2) is 24.3 Å². The van der Waals surface area contributed by atoms with Crippen molar-refractivity contribution in [2.45, 2.75) is 25.6 Å². The van der Waals surface area contributed by atoms with E-state index in [0.29, 0.717) is 18.7 Å². The van der Waals surface area contributed by atoms with Crippen molar-refractivity contribution in [3.63, 3.8) is 0 Å². The van der Waals surface area contributed by atoms with Crippen LogP contribution in [0.25, 0.3) is 0 Å². The zero-order chi connectivity index (χ0) is 12.9. The standard InChI is InChI=1S/C12H18FNO2S/c1-10(2)17(15,16)8-7-14-9-11-5-3-4-6-12(11)13/h3-6,10,14H,7-9H2,1-2H3. The van der Waals surface area contributed by atoms with E-state index < -0.39 is 9.84 Å². The summed E-state index contributed by atoms with van der Waals surface area (Å²) in [5.41, 5.74) is 0.550. The first-order valence-electron chi connectivity index (χ1n) is 5.59. The number of sulfone groups is 1. The maximum atomic E-state index is 13.2. The molecule has 1 aromatic rings. The molecule has 0 aliphatic heterocycles. The Kier molecular flexibility index (Phi) is 5.08. The van der Waals surface area contributed by atoms with E-state index in [1.54, 1.807) is 32.0 Å². The molecule has 17 heavy (non-hydrogen) atoms. The third kappa shape index (κ3) is 4.44. The lowest BCUT2D eigenvalue weighted by atomic mass is 10.2. The average Bonchev–Trinajstić information content (AvgIpc) is 2.26. The summed E-state index contributed by atoms with van der Waals surface area (Å²) in [5, 5.41) is 2.57. The lowest BCUT2D eigenvalue weighted by Gasteiger charge is -2.09. The SMILES string of the molecule is CC(C)S(=O)(=O)CCNCc1ccccc1F. The molecule has 0 aromatic heterocycles. The second kappa shape index (κ2) is 6.12. The van der Waals surface area contributed by atoms with Crippen LogP contribution < -0.4 is 5.32 Å². The molecule has 0 spiro atoms. The number of nitrogens with one attached hydrogen (secondary N) is 1. The van der Waals surface area contributed by atoms with Crippen molar-refractivity contribution in [1.29, 1.82) is 0 Å². The van der Waals surface area contributed by atoms with Crippen molar-refractivity contribution in [1.82, 2.24) is 5.32 Å². The van der Waals surface area contributed by atoms with Crippen LogP contribution in [0.3, 0.4) is 0 Å². The lowest BCUT2D eigenvalue weighted by molar-refractivity contribution is 0.576. The Morgan fingerprint density at radius 3 is 2.53 bits per heavy atom. The zero-order valence-electron chi connectivity index (χ0n) is 10.1. The van der Waals surface area contributed by atoms with Crippen molar-refractivity contribution in [3.8, 4) is 0 Å². The van der Waals surface area contributed by atoms with Crippen LogP contribution in [0.4, 0.5) is 4.39 Å². The molecule has 1 N–H and O–H groups in total. The number of hydrogen-bond acceptors (Lipinski definition) is 3. The topological polar surface area (TPSA) is 46.2 Å². The molecule has 0 saturated heterocycles. The molecule has 0 fully saturated rings. The van der Waals surface area contributed by atoms with Crippen LogP contribution in [-0.4, -0.2) is 26.0 Å². The largest absolute Gasteiger partial charge is 0.312 e. The molecule has 0 amide bonds. The van der Waals surface area contributed by atoms with Gasteiger partial charge in [-0.1, -0.05) is 18.2 Å². The maximum Gasteiger partial charge on any atom is 0.153 e. The van der Waals surface area contributed by atoms with Gasteiger partial charge in [0.25, 0.3) is 0 Å². The van der Waals surface area contributed by atoms with Gasteiger partial charge in [0.15, 0.2) is 9.84 Å². The molecule has 96 valence electrons. The second-order valence-electron chi connectivity index (χ2n) is 4.18. The molecule has 5 heteroatoms. The monoisotopic (exact) mass is 259 g/mol. The minimum atomic E-state index is -3.02. The van der Waals surface area contributed by atoms with E-state index in [1.807, 2.05) is 0 Å². The third-order valence-corrected chi connectivity index (χ3v) is 4.76. The van der Waals surface area contributed by atoms with E-state index in [1.165, 1.54) is 6.07 Å². The summed E-state index contributed by atoms with van der Waals surface area (Å²) in [7, 11) is -3.02. The predicted octanol–water partition coefficient (Wildman–Crippen LogP) is 1.74. The number of halogens is 1. The van der Waals surface area contributed by atoms with Gasteiger partial charge in [-0.2, -0.15) is 0 Å². The summed E-state index contributed by atoms with van der Waals surface area (Å²) in [6.45, 7) is 4.01. The molecule has 0 atom stereocenters. The highest BCUT2D eigenvalue weighted by Crippen LogP contribution is 2.05. The Labute approximate surface area is 102 Å². The fourth-order valence-corrected chi connectivity index (χ4v) is 2.22. The van der Waals surface area contributed by atoms with Gasteiger partial charge < -0.3 is 5.32 Å². The van der Waals surface area contributed by atoms with Crippen LogP contribution >= 0.6 is 0 Å². The van der Waals surface area contributed by atoms with Crippen LogP contribution in [0, 0.1) is 5.82 Å². The van der Waals surface area contributed by atoms with Gasteiger partial charge in [-0.25, -0.2) is 12.8 Å². The van der Waals surface area contributed by atoms with Gasteiger partial charge in [-0.3, -0.25) is 0 Å². The summed E-state index contributed by atoms with van der Waals surface area (Å²) >= 11 is 0. The van der Waals surface area contributed by atoms with Crippen molar-refractivity contribution >= 4 is 9.84 Å². The Balaban J connectivity index is 2.38. The first kappa shape index (κ1) is 14.1. The Bertz CT molecular complexity index is 457. The molecule has 0 aliphatic carbocycles. The quantitative estimate of drug-likeness (QED) is 0.792. The predicted molar refractivity (Wildman–Crippen MR) is 67.0 cm³/mol. The molecule has 0 unspecified atom stereocenters. The van der Waals surface area contributed by atoms with Gasteiger partial charge in [0.1, 0.15) is 5.82 Å². The molecular formula is C12H18FNO2S. The van der Waals surface area contributed by atoms with Crippen molar-refractivity contribution in [3.05, 3.63) is 35.6 Å². The van der Waals surface area contributed by atoms with E-state index in [4.69, 9.17) is 0 Å². The van der Waals surface area contributed by atoms with Crippen LogP contribution in [0.5, 0.6) is 0 Å². The Morgan fingerprint density at radius 1 is 1.29 bits per heavy atom. The van der Waals surface area contributed by atoms with Gasteiger partial charge in [0.2, 0.25) is 0 Å².